The predicted octanol–water partition coefficient (Wildman–Crippen LogP) is 3.73. The van der Waals surface area contributed by atoms with Crippen molar-refractivity contribution in [1.29, 1.82) is 0 Å². The number of rotatable bonds is 7. The first-order valence-corrected chi connectivity index (χ1v) is 9.94. The number of nitrogens with zero attached hydrogens (tertiary/aromatic N) is 3. The van der Waals surface area contributed by atoms with Crippen molar-refractivity contribution in [3.8, 4) is 5.75 Å². The Bertz CT molecular complexity index is 1080. The third-order valence-electron chi connectivity index (χ3n) is 4.06. The quantitative estimate of drug-likeness (QED) is 0.548. The van der Waals surface area contributed by atoms with Crippen molar-refractivity contribution in [2.75, 3.05) is 24.4 Å². The standard InChI is InChI=1S/C20H21N5O4S/c1-5-29-18(27)16-12(3)23-20(30-16)25-19-21-10-13(11(2)22-19)17(26)24-14-8-6-7-9-15(14)28-4/h6-10H,5H2,1-4H3,(H,24,26)(H,21,22,23,25). The van der Waals surface area contributed by atoms with Crippen molar-refractivity contribution in [3.63, 3.8) is 0 Å². The molecule has 10 heteroatoms. The lowest BCUT2D eigenvalue weighted by Gasteiger charge is -2.11. The molecule has 30 heavy (non-hydrogen) atoms. The molecule has 1 aromatic carbocycles. The maximum absolute atomic E-state index is 12.6. The number of ether oxygens (including phenoxy) is 2. The second kappa shape index (κ2) is 9.31. The molecule has 0 aliphatic rings. The number of hydrogen-bond acceptors (Lipinski definition) is 9. The van der Waals surface area contributed by atoms with Crippen LogP contribution in [0.1, 0.15) is 38.3 Å². The highest BCUT2D eigenvalue weighted by Gasteiger charge is 2.18. The van der Waals surface area contributed by atoms with Crippen LogP contribution in [0, 0.1) is 13.8 Å². The third kappa shape index (κ3) is 4.71. The molecule has 2 heterocycles. The van der Waals surface area contributed by atoms with Gasteiger partial charge in [0.1, 0.15) is 10.6 Å². The molecule has 0 radical (unpaired) electrons. The Morgan fingerprint density at radius 2 is 1.90 bits per heavy atom. The summed E-state index contributed by atoms with van der Waals surface area (Å²) in [4.78, 5) is 37.8. The lowest BCUT2D eigenvalue weighted by molar-refractivity contribution is 0.0531. The van der Waals surface area contributed by atoms with E-state index in [1.54, 1.807) is 39.0 Å². The van der Waals surface area contributed by atoms with E-state index >= 15 is 0 Å². The Morgan fingerprint density at radius 3 is 2.60 bits per heavy atom. The fourth-order valence-electron chi connectivity index (χ4n) is 2.62. The van der Waals surface area contributed by atoms with Crippen molar-refractivity contribution in [2.24, 2.45) is 0 Å². The summed E-state index contributed by atoms with van der Waals surface area (Å²) in [5, 5.41) is 6.22. The lowest BCUT2D eigenvalue weighted by atomic mass is 10.2. The Kier molecular flexibility index (Phi) is 6.58. The van der Waals surface area contributed by atoms with E-state index < -0.39 is 5.97 Å². The van der Waals surface area contributed by atoms with E-state index in [9.17, 15) is 9.59 Å². The van der Waals surface area contributed by atoms with E-state index in [1.807, 2.05) is 6.07 Å². The van der Waals surface area contributed by atoms with Gasteiger partial charge in [-0.1, -0.05) is 23.5 Å². The van der Waals surface area contributed by atoms with Crippen molar-refractivity contribution < 1.29 is 19.1 Å². The monoisotopic (exact) mass is 427 g/mol. The van der Waals surface area contributed by atoms with Crippen molar-refractivity contribution >= 4 is 40.0 Å². The van der Waals surface area contributed by atoms with Crippen LogP contribution in [0.15, 0.2) is 30.5 Å². The van der Waals surface area contributed by atoms with E-state index in [1.165, 1.54) is 13.3 Å². The van der Waals surface area contributed by atoms with E-state index in [-0.39, 0.29) is 11.9 Å². The molecule has 2 N–H and O–H groups in total. The number of carbonyl (C=O) groups excluding carboxylic acids is 2. The van der Waals surface area contributed by atoms with Gasteiger partial charge in [-0.3, -0.25) is 4.79 Å². The van der Waals surface area contributed by atoms with Crippen LogP contribution >= 0.6 is 11.3 Å². The summed E-state index contributed by atoms with van der Waals surface area (Å²) in [6.45, 7) is 5.47. The van der Waals surface area contributed by atoms with Crippen molar-refractivity contribution in [2.45, 2.75) is 20.8 Å². The highest BCUT2D eigenvalue weighted by molar-refractivity contribution is 7.17. The van der Waals surface area contributed by atoms with Crippen molar-refractivity contribution in [3.05, 3.63) is 52.3 Å². The summed E-state index contributed by atoms with van der Waals surface area (Å²) in [6, 6.07) is 7.12. The minimum atomic E-state index is -0.416. The molecular weight excluding hydrogens is 406 g/mol. The smallest absolute Gasteiger partial charge is 0.350 e. The van der Waals surface area contributed by atoms with E-state index in [0.29, 0.717) is 45.0 Å². The summed E-state index contributed by atoms with van der Waals surface area (Å²) in [6.07, 6.45) is 1.43. The lowest BCUT2D eigenvalue weighted by Crippen LogP contribution is -2.15. The molecule has 0 saturated heterocycles. The molecule has 0 atom stereocenters. The number of para-hydroxylation sites is 2. The Balaban J connectivity index is 1.75. The average molecular weight is 427 g/mol. The van der Waals surface area contributed by atoms with Crippen LogP contribution in [0.4, 0.5) is 16.8 Å². The zero-order chi connectivity index (χ0) is 21.7. The van der Waals surface area contributed by atoms with Gasteiger partial charge >= 0.3 is 5.97 Å². The molecule has 1 amide bonds. The van der Waals surface area contributed by atoms with Gasteiger partial charge in [0.15, 0.2) is 5.13 Å². The summed E-state index contributed by atoms with van der Waals surface area (Å²) < 4.78 is 10.3. The van der Waals surface area contributed by atoms with E-state index in [4.69, 9.17) is 9.47 Å². The van der Waals surface area contributed by atoms with Crippen LogP contribution in [0.25, 0.3) is 0 Å². The van der Waals surface area contributed by atoms with Gasteiger partial charge in [0.05, 0.1) is 36.4 Å². The molecule has 0 spiro atoms. The fourth-order valence-corrected chi connectivity index (χ4v) is 3.47. The van der Waals surface area contributed by atoms with Crippen molar-refractivity contribution in [1.82, 2.24) is 15.0 Å². The molecule has 0 aliphatic heterocycles. The number of carbonyl (C=O) groups is 2. The third-order valence-corrected chi connectivity index (χ3v) is 5.11. The highest BCUT2D eigenvalue weighted by atomic mass is 32.1. The van der Waals surface area contributed by atoms with Crippen LogP contribution in [0.5, 0.6) is 5.75 Å². The number of benzene rings is 1. The minimum Gasteiger partial charge on any atom is -0.495 e. The molecular formula is C20H21N5O4S. The summed E-state index contributed by atoms with van der Waals surface area (Å²) in [5.41, 5.74) is 1.93. The predicted molar refractivity (Wildman–Crippen MR) is 114 cm³/mol. The number of anilines is 3. The van der Waals surface area contributed by atoms with Gasteiger partial charge in [-0.2, -0.15) is 0 Å². The topological polar surface area (TPSA) is 115 Å². The number of thiazole rings is 1. The van der Waals surface area contributed by atoms with Gasteiger partial charge in [-0.15, -0.1) is 0 Å². The Morgan fingerprint density at radius 1 is 1.13 bits per heavy atom. The van der Waals surface area contributed by atoms with E-state index in [0.717, 1.165) is 11.3 Å². The molecule has 0 fully saturated rings. The normalized spacial score (nSPS) is 10.4. The van der Waals surface area contributed by atoms with Crippen LogP contribution in [0.3, 0.4) is 0 Å². The zero-order valence-corrected chi connectivity index (χ0v) is 17.8. The first-order chi connectivity index (χ1) is 14.4. The van der Waals surface area contributed by atoms with Gasteiger partial charge in [0.25, 0.3) is 5.91 Å². The van der Waals surface area contributed by atoms with Gasteiger partial charge in [-0.05, 0) is 32.9 Å². The number of aromatic nitrogens is 3. The van der Waals surface area contributed by atoms with Gasteiger partial charge in [0, 0.05) is 6.20 Å². The van der Waals surface area contributed by atoms with E-state index in [2.05, 4.69) is 25.6 Å². The first kappa shape index (κ1) is 21.2. The Labute approximate surface area is 177 Å². The molecule has 2 aromatic heterocycles. The van der Waals surface area contributed by atoms with Crippen LogP contribution < -0.4 is 15.4 Å². The SMILES string of the molecule is CCOC(=O)c1sc(Nc2ncc(C(=O)Nc3ccccc3OC)c(C)n2)nc1C. The number of nitrogens with one attached hydrogen (secondary N) is 2. The minimum absolute atomic E-state index is 0.269. The second-order valence-corrected chi connectivity index (χ2v) is 7.13. The summed E-state index contributed by atoms with van der Waals surface area (Å²) >= 11 is 1.15. The number of aryl methyl sites for hydroxylation is 2. The summed E-state index contributed by atoms with van der Waals surface area (Å²) in [5.74, 6) is 0.0593. The fraction of sp³-hybridized carbons (Fsp3) is 0.250. The highest BCUT2D eigenvalue weighted by Crippen LogP contribution is 2.26. The number of amides is 1. The molecule has 156 valence electrons. The van der Waals surface area contributed by atoms with Crippen LogP contribution in [-0.2, 0) is 4.74 Å². The first-order valence-electron chi connectivity index (χ1n) is 9.12. The summed E-state index contributed by atoms with van der Waals surface area (Å²) in [7, 11) is 1.54. The molecule has 3 aromatic rings. The maximum Gasteiger partial charge on any atom is 0.350 e. The zero-order valence-electron chi connectivity index (χ0n) is 17.0. The van der Waals surface area contributed by atoms with Crippen LogP contribution in [-0.4, -0.2) is 40.5 Å². The molecule has 0 unspecified atom stereocenters. The molecule has 9 nitrogen and oxygen atoms in total. The average Bonchev–Trinajstić information content (AvgIpc) is 3.08. The number of methoxy groups -OCH3 is 1. The molecule has 0 saturated carbocycles. The van der Waals surface area contributed by atoms with Gasteiger partial charge in [0.2, 0.25) is 5.95 Å². The Hall–Kier alpha value is -3.53. The number of hydrogen-bond donors (Lipinski definition) is 2. The molecule has 3 rings (SSSR count). The molecule has 0 bridgehead atoms. The second-order valence-electron chi connectivity index (χ2n) is 6.13. The maximum atomic E-state index is 12.6. The molecule has 0 aliphatic carbocycles. The van der Waals surface area contributed by atoms with Gasteiger partial charge < -0.3 is 20.1 Å². The van der Waals surface area contributed by atoms with Gasteiger partial charge in [-0.25, -0.2) is 19.7 Å². The largest absolute Gasteiger partial charge is 0.495 e. The number of esters is 1. The van der Waals surface area contributed by atoms with Crippen LogP contribution in [0.2, 0.25) is 0 Å².